The van der Waals surface area contributed by atoms with Crippen molar-refractivity contribution in [3.8, 4) is 0 Å². The van der Waals surface area contributed by atoms with E-state index in [-0.39, 0.29) is 5.17 Å². The first-order valence-corrected chi connectivity index (χ1v) is 5.85. The van der Waals surface area contributed by atoms with Gasteiger partial charge in [-0.1, -0.05) is 29.0 Å². The Balaban J connectivity index is 2.49. The Morgan fingerprint density at radius 1 is 1.18 bits per heavy atom. The lowest BCUT2D eigenvalue weighted by Crippen LogP contribution is -2.34. The van der Waals surface area contributed by atoms with Crippen LogP contribution in [0.25, 0.3) is 0 Å². The maximum absolute atomic E-state index is 11.9. The largest absolute Gasteiger partial charge is 0.268 e. The van der Waals surface area contributed by atoms with Crippen molar-refractivity contribution in [1.82, 2.24) is 4.90 Å². The summed E-state index contributed by atoms with van der Waals surface area (Å²) in [6.07, 6.45) is 1.60. The minimum atomic E-state index is -0.484. The van der Waals surface area contributed by atoms with Crippen LogP contribution in [0.2, 0.25) is 0 Å². The van der Waals surface area contributed by atoms with Crippen molar-refractivity contribution in [3.63, 3.8) is 0 Å². The molecule has 0 saturated carbocycles. The highest BCUT2D eigenvalue weighted by Gasteiger charge is 2.38. The molecule has 0 N–H and O–H groups in total. The molecule has 2 rings (SSSR count). The van der Waals surface area contributed by atoms with Gasteiger partial charge in [0.2, 0.25) is 5.17 Å². The number of carbonyl (C=O) groups is 2. The molecule has 7 heteroatoms. The second kappa shape index (κ2) is 4.46. The number of hydrogen-bond donors (Lipinski definition) is 0. The van der Waals surface area contributed by atoms with Crippen LogP contribution in [-0.2, 0) is 0 Å². The summed E-state index contributed by atoms with van der Waals surface area (Å²) in [6.45, 7) is 0. The molecule has 0 fully saturated rings. The quantitative estimate of drug-likeness (QED) is 0.249. The molecule has 6 nitrogen and oxygen atoms in total. The Hall–Kier alpha value is -2.02. The second-order valence-electron chi connectivity index (χ2n) is 3.16. The molecule has 1 heterocycles. The average molecular weight is 249 g/mol. The standard InChI is InChI=1S/C10H7N3O3S/c1-17-10(11-12-16)13-8(14)6-4-2-3-5-7(6)9(13)15/h2-5H,1H3. The van der Waals surface area contributed by atoms with Crippen LogP contribution in [0.1, 0.15) is 20.7 Å². The van der Waals surface area contributed by atoms with Gasteiger partial charge in [-0.3, -0.25) is 9.59 Å². The summed E-state index contributed by atoms with van der Waals surface area (Å²) in [5.74, 6) is -0.968. The van der Waals surface area contributed by atoms with Crippen LogP contribution in [0.5, 0.6) is 0 Å². The highest BCUT2D eigenvalue weighted by atomic mass is 32.2. The van der Waals surface area contributed by atoms with E-state index in [9.17, 15) is 14.5 Å². The fourth-order valence-corrected chi connectivity index (χ4v) is 2.04. The SMILES string of the molecule is CSC(=NN=O)N1C(=O)c2ccccc2C1=O. The number of hydrogen-bond acceptors (Lipinski definition) is 5. The first-order chi connectivity index (χ1) is 8.20. The summed E-state index contributed by atoms with van der Waals surface area (Å²) >= 11 is 1.01. The monoisotopic (exact) mass is 249 g/mol. The summed E-state index contributed by atoms with van der Waals surface area (Å²) < 4.78 is 0. The molecule has 1 aromatic carbocycles. The molecule has 0 radical (unpaired) electrons. The Bertz CT molecular complexity index is 506. The van der Waals surface area contributed by atoms with Gasteiger partial charge in [0.05, 0.1) is 16.4 Å². The molecule has 2 amide bonds. The highest BCUT2D eigenvalue weighted by molar-refractivity contribution is 8.13. The van der Waals surface area contributed by atoms with Crippen LogP contribution in [0.4, 0.5) is 0 Å². The maximum Gasteiger partial charge on any atom is 0.267 e. The number of fused-ring (bicyclic) bond motifs is 1. The minimum Gasteiger partial charge on any atom is -0.268 e. The molecule has 17 heavy (non-hydrogen) atoms. The van der Waals surface area contributed by atoms with E-state index in [1.165, 1.54) is 0 Å². The second-order valence-corrected chi connectivity index (χ2v) is 3.93. The third kappa shape index (κ3) is 1.74. The summed E-state index contributed by atoms with van der Waals surface area (Å²) in [5, 5.41) is 5.57. The van der Waals surface area contributed by atoms with Crippen molar-refractivity contribution in [2.24, 2.45) is 10.4 Å². The van der Waals surface area contributed by atoms with E-state index in [4.69, 9.17) is 0 Å². The summed E-state index contributed by atoms with van der Waals surface area (Å²) in [6, 6.07) is 6.45. The van der Waals surface area contributed by atoms with Gasteiger partial charge in [-0.05, 0) is 18.4 Å². The topological polar surface area (TPSA) is 79.2 Å². The molecule has 0 unspecified atom stereocenters. The molecule has 0 spiro atoms. The van der Waals surface area contributed by atoms with Gasteiger partial charge in [0.25, 0.3) is 11.8 Å². The van der Waals surface area contributed by atoms with Gasteiger partial charge in [-0.15, -0.1) is 4.91 Å². The first-order valence-electron chi connectivity index (χ1n) is 4.62. The van der Waals surface area contributed by atoms with E-state index < -0.39 is 11.8 Å². The van der Waals surface area contributed by atoms with E-state index in [1.807, 2.05) is 0 Å². The first kappa shape index (κ1) is 11.5. The predicted molar refractivity (Wildman–Crippen MR) is 63.7 cm³/mol. The average Bonchev–Trinajstić information content (AvgIpc) is 2.61. The van der Waals surface area contributed by atoms with Crippen LogP contribution in [0, 0.1) is 4.91 Å². The number of benzene rings is 1. The fraction of sp³-hybridized carbons (Fsp3) is 0.100. The predicted octanol–water partition coefficient (Wildman–Crippen LogP) is 1.68. The van der Waals surface area contributed by atoms with Gasteiger partial charge in [-0.2, -0.15) is 0 Å². The molecule has 86 valence electrons. The van der Waals surface area contributed by atoms with Gasteiger partial charge in [-0.25, -0.2) is 4.90 Å². The zero-order valence-corrected chi connectivity index (χ0v) is 9.60. The summed E-state index contributed by atoms with van der Waals surface area (Å²) in [4.78, 5) is 34.9. The Kier molecular flexibility index (Phi) is 3.01. The Morgan fingerprint density at radius 2 is 1.71 bits per heavy atom. The number of amidine groups is 1. The number of thioether (sulfide) groups is 1. The zero-order chi connectivity index (χ0) is 12.4. The van der Waals surface area contributed by atoms with Gasteiger partial charge in [0.15, 0.2) is 0 Å². The number of imide groups is 1. The summed E-state index contributed by atoms with van der Waals surface area (Å²) in [5.41, 5.74) is 0.621. The molecule has 0 atom stereocenters. The molecule has 0 aliphatic carbocycles. The Morgan fingerprint density at radius 3 is 2.12 bits per heavy atom. The van der Waals surface area contributed by atoms with Crippen LogP contribution in [0.15, 0.2) is 34.7 Å². The van der Waals surface area contributed by atoms with E-state index >= 15 is 0 Å². The Labute approximate surface area is 101 Å². The van der Waals surface area contributed by atoms with Crippen LogP contribution in [0.3, 0.4) is 0 Å². The van der Waals surface area contributed by atoms with Crippen molar-refractivity contribution in [3.05, 3.63) is 40.3 Å². The van der Waals surface area contributed by atoms with Crippen LogP contribution < -0.4 is 0 Å². The molecule has 0 aromatic heterocycles. The van der Waals surface area contributed by atoms with Crippen molar-refractivity contribution in [2.75, 3.05) is 6.26 Å². The lowest BCUT2D eigenvalue weighted by atomic mass is 10.1. The van der Waals surface area contributed by atoms with Gasteiger partial charge in [0, 0.05) is 0 Å². The van der Waals surface area contributed by atoms with Gasteiger partial charge >= 0.3 is 0 Å². The summed E-state index contributed by atoms with van der Waals surface area (Å²) in [7, 11) is 0. The normalized spacial score (nSPS) is 15.1. The zero-order valence-electron chi connectivity index (χ0n) is 8.78. The van der Waals surface area contributed by atoms with E-state index in [1.54, 1.807) is 30.5 Å². The maximum atomic E-state index is 11.9. The molecular weight excluding hydrogens is 242 g/mol. The van der Waals surface area contributed by atoms with Crippen molar-refractivity contribution in [1.29, 1.82) is 0 Å². The van der Waals surface area contributed by atoms with Gasteiger partial charge < -0.3 is 0 Å². The van der Waals surface area contributed by atoms with Crippen LogP contribution in [-0.4, -0.2) is 28.1 Å². The third-order valence-corrected chi connectivity index (χ3v) is 2.92. The van der Waals surface area contributed by atoms with Gasteiger partial charge in [0.1, 0.15) is 0 Å². The van der Waals surface area contributed by atoms with E-state index in [2.05, 4.69) is 10.4 Å². The van der Waals surface area contributed by atoms with Crippen molar-refractivity contribution in [2.45, 2.75) is 0 Å². The lowest BCUT2D eigenvalue weighted by molar-refractivity contribution is 0.0752. The third-order valence-electron chi connectivity index (χ3n) is 2.29. The highest BCUT2D eigenvalue weighted by Crippen LogP contribution is 2.25. The van der Waals surface area contributed by atoms with Crippen LogP contribution >= 0.6 is 11.8 Å². The lowest BCUT2D eigenvalue weighted by Gasteiger charge is -2.11. The van der Waals surface area contributed by atoms with Crippen molar-refractivity contribution >= 4 is 28.7 Å². The van der Waals surface area contributed by atoms with Crippen molar-refractivity contribution < 1.29 is 9.59 Å². The molecule has 1 aliphatic rings. The number of nitrogens with zero attached hydrogens (tertiary/aromatic N) is 3. The van der Waals surface area contributed by atoms with E-state index in [0.717, 1.165) is 16.7 Å². The fourth-order valence-electron chi connectivity index (χ4n) is 1.57. The molecule has 0 saturated heterocycles. The smallest absolute Gasteiger partial charge is 0.267 e. The molecule has 1 aromatic rings. The number of carbonyl (C=O) groups excluding carboxylic acids is 2. The number of nitroso groups, excluding NO2 is 1. The molecule has 1 aliphatic heterocycles. The number of rotatable bonds is 1. The van der Waals surface area contributed by atoms with E-state index in [0.29, 0.717) is 11.1 Å². The number of amides is 2. The minimum absolute atomic E-state index is 0.0220. The molecule has 0 bridgehead atoms. The molecular formula is C10H7N3O3S.